The van der Waals surface area contributed by atoms with Crippen molar-refractivity contribution in [2.45, 2.75) is 53.9 Å². The summed E-state index contributed by atoms with van der Waals surface area (Å²) >= 11 is 0. The normalized spacial score (nSPS) is 9.82. The smallest absolute Gasteiger partial charge is 0.122 e. The second kappa shape index (κ2) is 10.0. The number of ether oxygens (including phenoxy) is 1. The van der Waals surface area contributed by atoms with Gasteiger partial charge in [0, 0.05) is 0 Å². The molecular formula is C21H32O. The first-order valence-corrected chi connectivity index (χ1v) is 8.02. The van der Waals surface area contributed by atoms with Crippen LogP contribution in [0.2, 0.25) is 0 Å². The van der Waals surface area contributed by atoms with E-state index in [0.29, 0.717) is 0 Å². The first-order valence-electron chi connectivity index (χ1n) is 8.02. The minimum Gasteiger partial charge on any atom is -0.496 e. The van der Waals surface area contributed by atoms with E-state index in [1.54, 1.807) is 7.11 Å². The Morgan fingerprint density at radius 2 is 1.14 bits per heavy atom. The molecule has 0 spiro atoms. The molecule has 22 heavy (non-hydrogen) atoms. The monoisotopic (exact) mass is 300 g/mol. The first-order chi connectivity index (χ1) is 10.4. The van der Waals surface area contributed by atoms with E-state index in [4.69, 9.17) is 4.74 Å². The summed E-state index contributed by atoms with van der Waals surface area (Å²) in [5, 5.41) is 0. The maximum atomic E-state index is 5.29. The molecule has 0 unspecified atom stereocenters. The molecule has 0 heterocycles. The Balaban J connectivity index is 0.000000457. The van der Waals surface area contributed by atoms with Crippen LogP contribution in [0.15, 0.2) is 48.5 Å². The van der Waals surface area contributed by atoms with Crippen LogP contribution in [-0.4, -0.2) is 7.11 Å². The quantitative estimate of drug-likeness (QED) is 0.598. The third-order valence-corrected chi connectivity index (χ3v) is 3.43. The summed E-state index contributed by atoms with van der Waals surface area (Å²) in [4.78, 5) is 0. The predicted molar refractivity (Wildman–Crippen MR) is 99.0 cm³/mol. The fourth-order valence-corrected chi connectivity index (χ4v) is 2.21. The van der Waals surface area contributed by atoms with Gasteiger partial charge < -0.3 is 4.74 Å². The van der Waals surface area contributed by atoms with Gasteiger partial charge in [0.1, 0.15) is 5.75 Å². The van der Waals surface area contributed by atoms with Crippen molar-refractivity contribution < 1.29 is 4.74 Å². The highest BCUT2D eigenvalue weighted by Crippen LogP contribution is 2.31. The van der Waals surface area contributed by atoms with Crippen LogP contribution in [0, 0.1) is 13.8 Å². The Morgan fingerprint density at radius 1 is 0.727 bits per heavy atom. The van der Waals surface area contributed by atoms with Gasteiger partial charge in [0.2, 0.25) is 0 Å². The molecule has 122 valence electrons. The predicted octanol–water partition coefficient (Wildman–Crippen LogP) is 6.32. The second-order valence-corrected chi connectivity index (χ2v) is 5.97. The number of hydrogen-bond acceptors (Lipinski definition) is 1. The molecule has 0 saturated heterocycles. The van der Waals surface area contributed by atoms with Gasteiger partial charge in [0.15, 0.2) is 0 Å². The van der Waals surface area contributed by atoms with Crippen molar-refractivity contribution in [3.05, 3.63) is 65.2 Å². The Labute approximate surface area is 137 Å². The SMILES string of the molecule is CC.COc1ccc(C(C)(C)C)c(C)c1C.c1ccccc1. The van der Waals surface area contributed by atoms with Gasteiger partial charge in [-0.25, -0.2) is 0 Å². The van der Waals surface area contributed by atoms with E-state index in [1.165, 1.54) is 16.7 Å². The number of benzene rings is 2. The van der Waals surface area contributed by atoms with Crippen LogP contribution in [0.1, 0.15) is 51.3 Å². The molecule has 0 N–H and O–H groups in total. The van der Waals surface area contributed by atoms with Crippen LogP contribution in [0.3, 0.4) is 0 Å². The van der Waals surface area contributed by atoms with Crippen LogP contribution in [-0.2, 0) is 5.41 Å². The van der Waals surface area contributed by atoms with Crippen molar-refractivity contribution in [2.24, 2.45) is 0 Å². The molecule has 1 heteroatoms. The highest BCUT2D eigenvalue weighted by atomic mass is 16.5. The molecule has 2 aromatic carbocycles. The topological polar surface area (TPSA) is 9.23 Å². The van der Waals surface area contributed by atoms with Gasteiger partial charge in [-0.15, -0.1) is 0 Å². The van der Waals surface area contributed by atoms with Crippen LogP contribution >= 0.6 is 0 Å². The molecule has 0 aromatic heterocycles. The molecule has 0 atom stereocenters. The largest absolute Gasteiger partial charge is 0.496 e. The minimum absolute atomic E-state index is 0.209. The standard InChI is InChI=1S/C13H20O.C6H6.C2H6/c1-9-10(2)12(14-6)8-7-11(9)13(3,4)5;1-2-4-6-5-3-1;1-2/h7-8H,1-6H3;1-6H;1-2H3. The van der Waals surface area contributed by atoms with Gasteiger partial charge in [-0.1, -0.05) is 77.1 Å². The van der Waals surface area contributed by atoms with Crippen molar-refractivity contribution in [3.8, 4) is 5.75 Å². The summed E-state index contributed by atoms with van der Waals surface area (Å²) < 4.78 is 5.29. The third kappa shape index (κ3) is 6.34. The summed E-state index contributed by atoms with van der Waals surface area (Å²) in [7, 11) is 1.72. The number of methoxy groups -OCH3 is 1. The molecule has 0 saturated carbocycles. The van der Waals surface area contributed by atoms with Gasteiger partial charge in [-0.3, -0.25) is 0 Å². The zero-order valence-corrected chi connectivity index (χ0v) is 15.5. The van der Waals surface area contributed by atoms with E-state index in [-0.39, 0.29) is 5.41 Å². The lowest BCUT2D eigenvalue weighted by molar-refractivity contribution is 0.410. The first kappa shape index (κ1) is 20.2. The van der Waals surface area contributed by atoms with Crippen LogP contribution in [0.4, 0.5) is 0 Å². The van der Waals surface area contributed by atoms with Crippen LogP contribution in [0.5, 0.6) is 5.75 Å². The molecule has 2 rings (SSSR count). The van der Waals surface area contributed by atoms with Crippen LogP contribution < -0.4 is 4.74 Å². The molecule has 0 fully saturated rings. The zero-order valence-electron chi connectivity index (χ0n) is 15.5. The summed E-state index contributed by atoms with van der Waals surface area (Å²) in [6.07, 6.45) is 0. The van der Waals surface area contributed by atoms with E-state index in [0.717, 1.165) is 5.75 Å². The van der Waals surface area contributed by atoms with E-state index in [9.17, 15) is 0 Å². The average Bonchev–Trinajstić information content (AvgIpc) is 2.53. The van der Waals surface area contributed by atoms with Crippen molar-refractivity contribution in [1.82, 2.24) is 0 Å². The van der Waals surface area contributed by atoms with Crippen molar-refractivity contribution in [2.75, 3.05) is 7.11 Å². The average molecular weight is 300 g/mol. The molecule has 1 nitrogen and oxygen atoms in total. The molecule has 0 bridgehead atoms. The van der Waals surface area contributed by atoms with Gasteiger partial charge in [0.25, 0.3) is 0 Å². The lowest BCUT2D eigenvalue weighted by Crippen LogP contribution is -2.13. The van der Waals surface area contributed by atoms with Crippen molar-refractivity contribution in [3.63, 3.8) is 0 Å². The second-order valence-electron chi connectivity index (χ2n) is 5.97. The highest BCUT2D eigenvalue weighted by molar-refractivity contribution is 5.45. The maximum Gasteiger partial charge on any atom is 0.122 e. The molecule has 2 aromatic rings. The molecule has 0 aliphatic heterocycles. The molecule has 0 radical (unpaired) electrons. The van der Waals surface area contributed by atoms with Gasteiger partial charge in [-0.05, 0) is 42.0 Å². The molecule has 0 aliphatic carbocycles. The Morgan fingerprint density at radius 3 is 1.45 bits per heavy atom. The van der Waals surface area contributed by atoms with E-state index in [1.807, 2.05) is 50.2 Å². The van der Waals surface area contributed by atoms with Crippen LogP contribution in [0.25, 0.3) is 0 Å². The summed E-state index contributed by atoms with van der Waals surface area (Å²) in [5.74, 6) is 0.982. The molecule has 0 amide bonds. The summed E-state index contributed by atoms with van der Waals surface area (Å²) in [5.41, 5.74) is 4.20. The Bertz CT molecular complexity index is 495. The Kier molecular flexibility index (Phi) is 9.24. The fourth-order valence-electron chi connectivity index (χ4n) is 2.21. The van der Waals surface area contributed by atoms with Gasteiger partial charge in [0.05, 0.1) is 7.11 Å². The summed E-state index contributed by atoms with van der Waals surface area (Å²) in [6.45, 7) is 15.0. The van der Waals surface area contributed by atoms with Gasteiger partial charge in [-0.2, -0.15) is 0 Å². The zero-order chi connectivity index (χ0) is 17.2. The van der Waals surface area contributed by atoms with E-state index >= 15 is 0 Å². The fraction of sp³-hybridized carbons (Fsp3) is 0.429. The lowest BCUT2D eigenvalue weighted by atomic mass is 9.82. The van der Waals surface area contributed by atoms with E-state index < -0.39 is 0 Å². The summed E-state index contributed by atoms with van der Waals surface area (Å²) in [6, 6.07) is 16.2. The number of hydrogen-bond donors (Lipinski definition) is 0. The van der Waals surface area contributed by atoms with E-state index in [2.05, 4.69) is 46.8 Å². The van der Waals surface area contributed by atoms with Gasteiger partial charge >= 0.3 is 0 Å². The minimum atomic E-state index is 0.209. The maximum absolute atomic E-state index is 5.29. The Hall–Kier alpha value is -1.76. The van der Waals surface area contributed by atoms with Crippen molar-refractivity contribution >= 4 is 0 Å². The lowest BCUT2D eigenvalue weighted by Gasteiger charge is -2.23. The third-order valence-electron chi connectivity index (χ3n) is 3.43. The number of rotatable bonds is 1. The molecule has 0 aliphatic rings. The van der Waals surface area contributed by atoms with Crippen molar-refractivity contribution in [1.29, 1.82) is 0 Å². The highest BCUT2D eigenvalue weighted by Gasteiger charge is 2.18. The molecular weight excluding hydrogens is 268 g/mol.